The van der Waals surface area contributed by atoms with Crippen molar-refractivity contribution < 1.29 is 65.9 Å². The summed E-state index contributed by atoms with van der Waals surface area (Å²) < 4.78 is 189. The van der Waals surface area contributed by atoms with Gasteiger partial charge in [-0.3, -0.25) is 0 Å². The summed E-state index contributed by atoms with van der Waals surface area (Å²) in [6.45, 7) is 0. The predicted molar refractivity (Wildman–Crippen MR) is 80.7 cm³/mol. The third-order valence-corrected chi connectivity index (χ3v) is 9.41. The minimum atomic E-state index is -8.30. The van der Waals surface area contributed by atoms with Gasteiger partial charge in [-0.15, -0.1) is 0 Å². The van der Waals surface area contributed by atoms with Crippen LogP contribution in [0, 0.1) is 3.57 Å². The van der Waals surface area contributed by atoms with E-state index in [0.717, 1.165) is 18.2 Å². The molecule has 0 radical (unpaired) electrons. The van der Waals surface area contributed by atoms with E-state index in [0.29, 0.717) is 12.1 Å². The van der Waals surface area contributed by atoms with Crippen LogP contribution in [-0.2, 0) is 0 Å². The van der Waals surface area contributed by atoms with Crippen LogP contribution in [0.25, 0.3) is 0 Å². The van der Waals surface area contributed by atoms with Crippen LogP contribution >= 0.6 is 27.6 Å². The maximum atomic E-state index is 13.9. The van der Waals surface area contributed by atoms with Crippen LogP contribution in [0.3, 0.4) is 0 Å². The molecule has 1 rings (SSSR count). The molecule has 0 unspecified atom stereocenters. The SMILES string of the molecule is FC(F)(F)C(F)(F)C(F)(F)C(F)(F)C(F)(F)C(F)(F)C(F)(F)I(Cl)c1ccccc1. The number of benzene rings is 1. The molecule has 0 heterocycles. The quantitative estimate of drug-likeness (QED) is 0.168. The van der Waals surface area contributed by atoms with Crippen LogP contribution in [0.2, 0.25) is 0 Å². The molecule has 0 amide bonds. The molecule has 0 aliphatic heterocycles. The summed E-state index contributed by atoms with van der Waals surface area (Å²) in [6.07, 6.45) is -7.62. The molecule has 0 aliphatic rings. The Morgan fingerprint density at radius 3 is 1.20 bits per heavy atom. The predicted octanol–water partition coefficient (Wildman–Crippen LogP) is 7.85. The van der Waals surface area contributed by atoms with Crippen LogP contribution in [0.15, 0.2) is 30.3 Å². The first-order chi connectivity index (χ1) is 13.0. The van der Waals surface area contributed by atoms with Gasteiger partial charge in [0.05, 0.1) is 0 Å². The van der Waals surface area contributed by atoms with Crippen molar-refractivity contribution in [2.24, 2.45) is 0 Å². The van der Waals surface area contributed by atoms with Gasteiger partial charge in [-0.1, -0.05) is 0 Å². The van der Waals surface area contributed by atoms with Crippen molar-refractivity contribution in [3.05, 3.63) is 33.9 Å². The normalized spacial score (nSPS) is 15.9. The first kappa shape index (κ1) is 27.2. The summed E-state index contributed by atoms with van der Waals surface area (Å²) >= 11 is -5.49. The second-order valence-electron chi connectivity index (χ2n) is 5.40. The number of hydrogen-bond donors (Lipinski definition) is 0. The van der Waals surface area contributed by atoms with Gasteiger partial charge >= 0.3 is 167 Å². The van der Waals surface area contributed by atoms with Crippen LogP contribution in [-0.4, -0.2) is 39.7 Å². The molecule has 0 fully saturated rings. The van der Waals surface area contributed by atoms with E-state index in [1.807, 2.05) is 0 Å². The number of hydrogen-bond acceptors (Lipinski definition) is 0. The molecule has 17 heteroatoms. The summed E-state index contributed by atoms with van der Waals surface area (Å²) in [5.41, 5.74) is 0. The van der Waals surface area contributed by atoms with Crippen molar-refractivity contribution in [1.82, 2.24) is 0 Å². The van der Waals surface area contributed by atoms with Crippen molar-refractivity contribution >= 4 is 27.6 Å². The zero-order chi connectivity index (χ0) is 24.2. The zero-order valence-corrected chi connectivity index (χ0v) is 16.2. The summed E-state index contributed by atoms with van der Waals surface area (Å²) in [5, 5.41) is 0. The Bertz CT molecular complexity index is 743. The molecule has 0 spiro atoms. The topological polar surface area (TPSA) is 0 Å². The monoisotopic (exact) mass is 608 g/mol. The molecule has 0 aromatic heterocycles. The fraction of sp³-hybridized carbons (Fsp3) is 0.538. The van der Waals surface area contributed by atoms with Gasteiger partial charge in [-0.2, -0.15) is 0 Å². The van der Waals surface area contributed by atoms with Crippen molar-refractivity contribution in [3.8, 4) is 0 Å². The van der Waals surface area contributed by atoms with Gasteiger partial charge in [-0.05, 0) is 0 Å². The molecule has 0 saturated carbocycles. The molecule has 0 nitrogen and oxygen atoms in total. The molecule has 1 aromatic carbocycles. The van der Waals surface area contributed by atoms with Crippen molar-refractivity contribution in [2.75, 3.05) is 0 Å². The molecule has 0 saturated heterocycles. The van der Waals surface area contributed by atoms with Crippen LogP contribution in [0.5, 0.6) is 0 Å². The van der Waals surface area contributed by atoms with E-state index >= 15 is 0 Å². The molecular weight excluding hydrogens is 603 g/mol. The first-order valence-corrected chi connectivity index (χ1v) is 11.7. The molecular formula is C13H5ClF15I. The Balaban J connectivity index is 3.59. The number of rotatable bonds is 7. The number of alkyl halides is 16. The van der Waals surface area contributed by atoms with E-state index in [-0.39, 0.29) is 0 Å². The maximum absolute atomic E-state index is 13.9. The van der Waals surface area contributed by atoms with Crippen LogP contribution in [0.4, 0.5) is 65.9 Å². The van der Waals surface area contributed by atoms with E-state index in [2.05, 4.69) is 0 Å². The zero-order valence-electron chi connectivity index (χ0n) is 13.3. The second-order valence-corrected chi connectivity index (χ2v) is 11.3. The van der Waals surface area contributed by atoms with Crippen molar-refractivity contribution in [2.45, 2.75) is 39.7 Å². The van der Waals surface area contributed by atoms with Gasteiger partial charge in [0.15, 0.2) is 0 Å². The Hall–Kier alpha value is -0.810. The summed E-state index contributed by atoms with van der Waals surface area (Å²) in [4.78, 5) is 0. The third-order valence-electron chi connectivity index (χ3n) is 3.42. The minimum absolute atomic E-state index is 0.574. The number of halogens is 17. The molecule has 176 valence electrons. The molecule has 0 aliphatic carbocycles. The summed E-state index contributed by atoms with van der Waals surface area (Å²) in [5.74, 6) is -40.2. The van der Waals surface area contributed by atoms with Crippen LogP contribution < -0.4 is 0 Å². The first-order valence-electron chi connectivity index (χ1n) is 6.77. The molecule has 1 aromatic rings. The van der Waals surface area contributed by atoms with E-state index in [9.17, 15) is 65.9 Å². The standard InChI is InChI=1S/C13H5ClF15I/c14-30(6-4-2-1-3-5-6)13(28,29)11(23,24)9(19,20)7(15,16)8(17,18)10(21,22)12(25,26)27/h1-5H. The van der Waals surface area contributed by atoms with E-state index in [1.54, 1.807) is 0 Å². The van der Waals surface area contributed by atoms with E-state index in [4.69, 9.17) is 8.91 Å². The van der Waals surface area contributed by atoms with Gasteiger partial charge < -0.3 is 0 Å². The van der Waals surface area contributed by atoms with Crippen molar-refractivity contribution in [1.29, 1.82) is 0 Å². The molecule has 0 bridgehead atoms. The van der Waals surface area contributed by atoms with E-state index in [1.165, 1.54) is 0 Å². The second kappa shape index (κ2) is 7.65. The van der Waals surface area contributed by atoms with Crippen molar-refractivity contribution in [3.63, 3.8) is 0 Å². The van der Waals surface area contributed by atoms with Gasteiger partial charge in [0.2, 0.25) is 0 Å². The Morgan fingerprint density at radius 1 is 0.500 bits per heavy atom. The Morgan fingerprint density at radius 2 is 0.833 bits per heavy atom. The van der Waals surface area contributed by atoms with Gasteiger partial charge in [0, 0.05) is 0 Å². The Labute approximate surface area is 167 Å². The average Bonchev–Trinajstić information content (AvgIpc) is 2.59. The molecule has 0 N–H and O–H groups in total. The molecule has 30 heavy (non-hydrogen) atoms. The fourth-order valence-corrected chi connectivity index (χ4v) is 5.72. The molecule has 0 atom stereocenters. The van der Waals surface area contributed by atoms with Gasteiger partial charge in [0.25, 0.3) is 0 Å². The van der Waals surface area contributed by atoms with E-state index < -0.39 is 62.0 Å². The summed E-state index contributed by atoms with van der Waals surface area (Å²) in [6, 6.07) is 4.00. The van der Waals surface area contributed by atoms with Gasteiger partial charge in [-0.25, -0.2) is 0 Å². The van der Waals surface area contributed by atoms with Crippen LogP contribution in [0.1, 0.15) is 0 Å². The Kier molecular flexibility index (Phi) is 6.94. The van der Waals surface area contributed by atoms with Gasteiger partial charge in [0.1, 0.15) is 0 Å². The summed E-state index contributed by atoms with van der Waals surface area (Å²) in [7, 11) is 5.05. The average molecular weight is 609 g/mol. The fourth-order valence-electron chi connectivity index (χ4n) is 1.71. The third kappa shape index (κ3) is 3.68.